The molecule has 2 rings (SSSR count). The molecule has 1 fully saturated rings. The molecule has 1 N–H and O–H groups in total. The highest BCUT2D eigenvalue weighted by molar-refractivity contribution is 5.80. The Morgan fingerprint density at radius 2 is 2.05 bits per heavy atom. The van der Waals surface area contributed by atoms with E-state index >= 15 is 0 Å². The van der Waals surface area contributed by atoms with Crippen molar-refractivity contribution in [1.29, 1.82) is 0 Å². The summed E-state index contributed by atoms with van der Waals surface area (Å²) in [5.74, 6) is -0.778. The van der Waals surface area contributed by atoms with E-state index in [1.807, 2.05) is 42.5 Å². The molecule has 1 unspecified atom stereocenters. The number of aliphatic carboxylic acids is 1. The van der Waals surface area contributed by atoms with Gasteiger partial charge in [-0.05, 0) is 25.3 Å². The quantitative estimate of drug-likeness (QED) is 0.906. The highest BCUT2D eigenvalue weighted by Gasteiger charge is 2.41. The molecule has 0 bridgehead atoms. The number of carboxylic acid groups (broad SMARTS) is 1. The Balaban J connectivity index is 1.78. The van der Waals surface area contributed by atoms with E-state index in [0.717, 1.165) is 5.56 Å². The number of nitrogens with zero attached hydrogens (tertiary/aromatic N) is 1. The van der Waals surface area contributed by atoms with Crippen molar-refractivity contribution in [3.8, 4) is 0 Å². The molecule has 0 spiro atoms. The Morgan fingerprint density at radius 1 is 1.33 bits per heavy atom. The summed E-state index contributed by atoms with van der Waals surface area (Å²) >= 11 is 0. The minimum Gasteiger partial charge on any atom is -0.481 e. The van der Waals surface area contributed by atoms with Gasteiger partial charge in [0.1, 0.15) is 0 Å². The van der Waals surface area contributed by atoms with Crippen LogP contribution >= 0.6 is 0 Å². The number of carbonyl (C=O) groups is 2. The van der Waals surface area contributed by atoms with Gasteiger partial charge in [-0.3, -0.25) is 9.59 Å². The third-order valence-electron chi connectivity index (χ3n) is 3.98. The molecule has 0 radical (unpaired) electrons. The van der Waals surface area contributed by atoms with Crippen molar-refractivity contribution in [3.05, 3.63) is 42.0 Å². The fraction of sp³-hybridized carbons (Fsp3) is 0.412. The number of rotatable bonds is 5. The number of benzene rings is 1. The minimum absolute atomic E-state index is 0.0395. The van der Waals surface area contributed by atoms with Crippen molar-refractivity contribution in [1.82, 2.24) is 4.90 Å². The zero-order valence-corrected chi connectivity index (χ0v) is 12.3. The van der Waals surface area contributed by atoms with E-state index in [-0.39, 0.29) is 5.91 Å². The van der Waals surface area contributed by atoms with Gasteiger partial charge in [0, 0.05) is 19.5 Å². The highest BCUT2D eigenvalue weighted by Crippen LogP contribution is 2.30. The first-order valence-corrected chi connectivity index (χ1v) is 7.24. The Morgan fingerprint density at radius 3 is 2.67 bits per heavy atom. The van der Waals surface area contributed by atoms with Crippen LogP contribution in [0.3, 0.4) is 0 Å². The van der Waals surface area contributed by atoms with E-state index in [0.29, 0.717) is 32.4 Å². The van der Waals surface area contributed by atoms with Crippen LogP contribution in [0.2, 0.25) is 0 Å². The van der Waals surface area contributed by atoms with Crippen LogP contribution < -0.4 is 0 Å². The SMILES string of the molecule is CC1(C(=O)O)CCN(C(=O)CC/C=C/c2ccccc2)C1. The average Bonchev–Trinajstić information content (AvgIpc) is 2.89. The van der Waals surface area contributed by atoms with Gasteiger partial charge in [0.25, 0.3) is 0 Å². The average molecular weight is 287 g/mol. The molecule has 1 saturated heterocycles. The summed E-state index contributed by atoms with van der Waals surface area (Å²) in [6.07, 6.45) is 5.62. The van der Waals surface area contributed by atoms with Crippen LogP contribution in [0.1, 0.15) is 31.7 Å². The van der Waals surface area contributed by atoms with Gasteiger partial charge in [-0.2, -0.15) is 0 Å². The van der Waals surface area contributed by atoms with Crippen molar-refractivity contribution in [2.24, 2.45) is 5.41 Å². The fourth-order valence-electron chi connectivity index (χ4n) is 2.50. The molecule has 1 amide bonds. The van der Waals surface area contributed by atoms with Crippen LogP contribution in [0.4, 0.5) is 0 Å². The van der Waals surface area contributed by atoms with E-state index in [9.17, 15) is 9.59 Å². The third-order valence-corrected chi connectivity index (χ3v) is 3.98. The second-order valence-electron chi connectivity index (χ2n) is 5.78. The summed E-state index contributed by atoms with van der Waals surface area (Å²) in [4.78, 5) is 24.9. The molecule has 1 aromatic carbocycles. The van der Waals surface area contributed by atoms with Gasteiger partial charge >= 0.3 is 5.97 Å². The smallest absolute Gasteiger partial charge is 0.311 e. The van der Waals surface area contributed by atoms with Gasteiger partial charge in [0.05, 0.1) is 5.41 Å². The van der Waals surface area contributed by atoms with E-state index in [1.165, 1.54) is 0 Å². The zero-order chi connectivity index (χ0) is 15.3. The van der Waals surface area contributed by atoms with Gasteiger partial charge in [-0.25, -0.2) is 0 Å². The lowest BCUT2D eigenvalue weighted by atomic mass is 9.90. The molecule has 21 heavy (non-hydrogen) atoms. The van der Waals surface area contributed by atoms with E-state index in [1.54, 1.807) is 11.8 Å². The second kappa shape index (κ2) is 6.57. The van der Waals surface area contributed by atoms with E-state index < -0.39 is 11.4 Å². The normalized spacial score (nSPS) is 21.9. The first-order chi connectivity index (χ1) is 10.0. The van der Waals surface area contributed by atoms with Crippen molar-refractivity contribution in [2.45, 2.75) is 26.2 Å². The molecular weight excluding hydrogens is 266 g/mol. The summed E-state index contributed by atoms with van der Waals surface area (Å²) in [6, 6.07) is 9.94. The number of likely N-dealkylation sites (tertiary alicyclic amines) is 1. The number of amides is 1. The number of carboxylic acids is 1. The first-order valence-electron chi connectivity index (χ1n) is 7.24. The molecule has 0 aromatic heterocycles. The number of hydrogen-bond donors (Lipinski definition) is 1. The van der Waals surface area contributed by atoms with Crippen LogP contribution in [0, 0.1) is 5.41 Å². The minimum atomic E-state index is -0.818. The van der Waals surface area contributed by atoms with Crippen molar-refractivity contribution < 1.29 is 14.7 Å². The van der Waals surface area contributed by atoms with E-state index in [4.69, 9.17) is 5.11 Å². The zero-order valence-electron chi connectivity index (χ0n) is 12.3. The largest absolute Gasteiger partial charge is 0.481 e. The summed E-state index contributed by atoms with van der Waals surface area (Å²) in [5.41, 5.74) is 0.333. The Bertz CT molecular complexity index is 538. The van der Waals surface area contributed by atoms with Crippen LogP contribution in [0.15, 0.2) is 36.4 Å². The molecule has 1 aliphatic heterocycles. The van der Waals surface area contributed by atoms with Crippen molar-refractivity contribution in [2.75, 3.05) is 13.1 Å². The maximum absolute atomic E-state index is 12.1. The van der Waals surface area contributed by atoms with E-state index in [2.05, 4.69) is 0 Å². The molecule has 1 heterocycles. The Hall–Kier alpha value is -2.10. The van der Waals surface area contributed by atoms with Crippen molar-refractivity contribution >= 4 is 18.0 Å². The maximum atomic E-state index is 12.1. The number of allylic oxidation sites excluding steroid dienone is 1. The van der Waals surface area contributed by atoms with Gasteiger partial charge < -0.3 is 10.0 Å². The lowest BCUT2D eigenvalue weighted by Gasteiger charge is -2.19. The van der Waals surface area contributed by atoms with Gasteiger partial charge in [0.2, 0.25) is 5.91 Å². The van der Waals surface area contributed by atoms with Crippen LogP contribution in [-0.4, -0.2) is 35.0 Å². The predicted molar refractivity (Wildman–Crippen MR) is 81.6 cm³/mol. The Labute approximate surface area is 125 Å². The lowest BCUT2D eigenvalue weighted by Crippen LogP contribution is -2.34. The molecule has 1 aromatic rings. The summed E-state index contributed by atoms with van der Waals surface area (Å²) in [7, 11) is 0. The maximum Gasteiger partial charge on any atom is 0.311 e. The second-order valence-corrected chi connectivity index (χ2v) is 5.78. The molecule has 4 nitrogen and oxygen atoms in total. The molecular formula is C17H21NO3. The third kappa shape index (κ3) is 3.94. The topological polar surface area (TPSA) is 57.6 Å². The van der Waals surface area contributed by atoms with Crippen LogP contribution in [0.25, 0.3) is 6.08 Å². The van der Waals surface area contributed by atoms with Gasteiger partial charge in [0.15, 0.2) is 0 Å². The highest BCUT2D eigenvalue weighted by atomic mass is 16.4. The van der Waals surface area contributed by atoms with Crippen molar-refractivity contribution in [3.63, 3.8) is 0 Å². The monoisotopic (exact) mass is 287 g/mol. The molecule has 112 valence electrons. The summed E-state index contributed by atoms with van der Waals surface area (Å²) < 4.78 is 0. The van der Waals surface area contributed by atoms with Gasteiger partial charge in [-0.15, -0.1) is 0 Å². The summed E-state index contributed by atoms with van der Waals surface area (Å²) in [5, 5.41) is 9.16. The lowest BCUT2D eigenvalue weighted by molar-refractivity contribution is -0.147. The molecule has 4 heteroatoms. The number of hydrogen-bond acceptors (Lipinski definition) is 2. The predicted octanol–water partition coefficient (Wildman–Crippen LogP) is 2.80. The number of carbonyl (C=O) groups excluding carboxylic acids is 1. The van der Waals surface area contributed by atoms with Crippen LogP contribution in [-0.2, 0) is 9.59 Å². The van der Waals surface area contributed by atoms with Crippen LogP contribution in [0.5, 0.6) is 0 Å². The molecule has 0 aliphatic carbocycles. The van der Waals surface area contributed by atoms with Gasteiger partial charge in [-0.1, -0.05) is 42.5 Å². The summed E-state index contributed by atoms with van der Waals surface area (Å²) in [6.45, 7) is 2.57. The molecule has 1 atom stereocenters. The first kappa shape index (κ1) is 15.3. The Kier molecular flexibility index (Phi) is 4.78. The fourth-order valence-corrected chi connectivity index (χ4v) is 2.50. The standard InChI is InChI=1S/C17H21NO3/c1-17(16(20)21)11-12-18(13-17)15(19)10-6-5-9-14-7-3-2-4-8-14/h2-5,7-9H,6,10-13H2,1H3,(H,20,21)/b9-5+. The molecule has 1 aliphatic rings. The molecule has 0 saturated carbocycles.